The van der Waals surface area contributed by atoms with E-state index in [0.717, 1.165) is 4.47 Å². The number of hydrogen-bond donors (Lipinski definition) is 1. The zero-order chi connectivity index (χ0) is 13.0. The zero-order valence-electron chi connectivity index (χ0n) is 9.89. The standard InChI is InChI=1S/C13H13BrN2O2/c1-2-17-13-11(15)7-8-12(16-13)18-10-5-3-9(14)4-6-10/h3-8H,2,15H2,1H3. The van der Waals surface area contributed by atoms with Gasteiger partial charge in [-0.2, -0.15) is 4.98 Å². The van der Waals surface area contributed by atoms with Crippen LogP contribution in [0.3, 0.4) is 0 Å². The maximum absolute atomic E-state index is 5.74. The summed E-state index contributed by atoms with van der Waals surface area (Å²) in [5.41, 5.74) is 6.24. The van der Waals surface area contributed by atoms with Gasteiger partial charge in [0.15, 0.2) is 0 Å². The van der Waals surface area contributed by atoms with E-state index >= 15 is 0 Å². The largest absolute Gasteiger partial charge is 0.476 e. The number of anilines is 1. The average Bonchev–Trinajstić information content (AvgIpc) is 2.37. The van der Waals surface area contributed by atoms with Crippen LogP contribution in [-0.2, 0) is 0 Å². The third-order valence-corrected chi connectivity index (χ3v) is 2.71. The van der Waals surface area contributed by atoms with Crippen LogP contribution in [0.5, 0.6) is 17.5 Å². The molecule has 5 heteroatoms. The summed E-state index contributed by atoms with van der Waals surface area (Å²) in [7, 11) is 0. The van der Waals surface area contributed by atoms with Crippen molar-refractivity contribution in [3.63, 3.8) is 0 Å². The maximum Gasteiger partial charge on any atom is 0.240 e. The summed E-state index contributed by atoms with van der Waals surface area (Å²) >= 11 is 3.36. The molecule has 1 aromatic carbocycles. The van der Waals surface area contributed by atoms with Crippen LogP contribution in [0.15, 0.2) is 40.9 Å². The molecular weight excluding hydrogens is 296 g/mol. The van der Waals surface area contributed by atoms with Gasteiger partial charge in [0.25, 0.3) is 0 Å². The quantitative estimate of drug-likeness (QED) is 0.937. The highest BCUT2D eigenvalue weighted by Gasteiger charge is 2.05. The molecule has 0 aliphatic rings. The molecule has 18 heavy (non-hydrogen) atoms. The summed E-state index contributed by atoms with van der Waals surface area (Å²) in [4.78, 5) is 4.20. The maximum atomic E-state index is 5.74. The van der Waals surface area contributed by atoms with E-state index in [0.29, 0.717) is 29.8 Å². The van der Waals surface area contributed by atoms with Crippen molar-refractivity contribution in [2.45, 2.75) is 6.92 Å². The van der Waals surface area contributed by atoms with Crippen LogP contribution < -0.4 is 15.2 Å². The predicted octanol–water partition coefficient (Wildman–Crippen LogP) is 3.62. The fourth-order valence-corrected chi connectivity index (χ4v) is 1.63. The van der Waals surface area contributed by atoms with Gasteiger partial charge in [0.1, 0.15) is 5.75 Å². The second-order valence-electron chi connectivity index (χ2n) is 3.53. The second kappa shape index (κ2) is 5.73. The monoisotopic (exact) mass is 308 g/mol. The molecule has 0 atom stereocenters. The Bertz CT molecular complexity index is 529. The van der Waals surface area contributed by atoms with Crippen LogP contribution in [0.4, 0.5) is 5.69 Å². The molecule has 0 aliphatic carbocycles. The summed E-state index contributed by atoms with van der Waals surface area (Å²) in [5.74, 6) is 1.56. The van der Waals surface area contributed by atoms with Gasteiger partial charge in [-0.3, -0.25) is 0 Å². The molecule has 1 aromatic heterocycles. The van der Waals surface area contributed by atoms with E-state index in [1.165, 1.54) is 0 Å². The van der Waals surface area contributed by atoms with Crippen LogP contribution in [-0.4, -0.2) is 11.6 Å². The van der Waals surface area contributed by atoms with Gasteiger partial charge in [0.2, 0.25) is 11.8 Å². The van der Waals surface area contributed by atoms with Crippen molar-refractivity contribution < 1.29 is 9.47 Å². The molecule has 0 aliphatic heterocycles. The number of hydrogen-bond acceptors (Lipinski definition) is 4. The van der Waals surface area contributed by atoms with Crippen LogP contribution >= 0.6 is 15.9 Å². The number of rotatable bonds is 4. The Kier molecular flexibility index (Phi) is 4.04. The molecule has 0 fully saturated rings. The van der Waals surface area contributed by atoms with E-state index in [-0.39, 0.29) is 0 Å². The van der Waals surface area contributed by atoms with Crippen molar-refractivity contribution in [2.24, 2.45) is 0 Å². The van der Waals surface area contributed by atoms with E-state index in [1.54, 1.807) is 12.1 Å². The molecule has 0 spiro atoms. The molecule has 94 valence electrons. The van der Waals surface area contributed by atoms with E-state index < -0.39 is 0 Å². The van der Waals surface area contributed by atoms with Gasteiger partial charge in [0.05, 0.1) is 12.3 Å². The van der Waals surface area contributed by atoms with Crippen LogP contribution in [0.1, 0.15) is 6.92 Å². The number of aromatic nitrogens is 1. The molecule has 0 bridgehead atoms. The molecule has 0 saturated heterocycles. The minimum absolute atomic E-state index is 0.395. The van der Waals surface area contributed by atoms with Crippen LogP contribution in [0.2, 0.25) is 0 Å². The first-order chi connectivity index (χ1) is 8.69. The molecule has 1 heterocycles. The SMILES string of the molecule is CCOc1nc(Oc2ccc(Br)cc2)ccc1N. The number of nitrogens with zero attached hydrogens (tertiary/aromatic N) is 1. The number of nitrogen functional groups attached to an aromatic ring is 1. The number of nitrogens with two attached hydrogens (primary N) is 1. The minimum atomic E-state index is 0.395. The lowest BCUT2D eigenvalue weighted by atomic mass is 10.3. The topological polar surface area (TPSA) is 57.4 Å². The summed E-state index contributed by atoms with van der Waals surface area (Å²) in [6, 6.07) is 10.9. The highest BCUT2D eigenvalue weighted by molar-refractivity contribution is 9.10. The summed E-state index contributed by atoms with van der Waals surface area (Å²) in [5, 5.41) is 0. The van der Waals surface area contributed by atoms with E-state index in [9.17, 15) is 0 Å². The van der Waals surface area contributed by atoms with E-state index in [1.807, 2.05) is 31.2 Å². The number of halogens is 1. The zero-order valence-corrected chi connectivity index (χ0v) is 11.5. The molecule has 0 amide bonds. The number of pyridine rings is 1. The first-order valence-corrected chi connectivity index (χ1v) is 6.31. The Labute approximate surface area is 114 Å². The number of ether oxygens (including phenoxy) is 2. The molecule has 2 rings (SSSR count). The average molecular weight is 309 g/mol. The van der Waals surface area contributed by atoms with Gasteiger partial charge in [-0.1, -0.05) is 15.9 Å². The molecule has 2 aromatic rings. The van der Waals surface area contributed by atoms with E-state index in [2.05, 4.69) is 20.9 Å². The van der Waals surface area contributed by atoms with Gasteiger partial charge < -0.3 is 15.2 Å². The van der Waals surface area contributed by atoms with Crippen molar-refractivity contribution in [1.82, 2.24) is 4.98 Å². The van der Waals surface area contributed by atoms with E-state index in [4.69, 9.17) is 15.2 Å². The lowest BCUT2D eigenvalue weighted by Crippen LogP contribution is -2.00. The van der Waals surface area contributed by atoms with Gasteiger partial charge in [-0.05, 0) is 37.3 Å². The highest BCUT2D eigenvalue weighted by Crippen LogP contribution is 2.26. The lowest BCUT2D eigenvalue weighted by Gasteiger charge is -2.09. The van der Waals surface area contributed by atoms with Crippen molar-refractivity contribution in [3.05, 3.63) is 40.9 Å². The van der Waals surface area contributed by atoms with Crippen molar-refractivity contribution in [3.8, 4) is 17.5 Å². The Morgan fingerprint density at radius 1 is 1.17 bits per heavy atom. The van der Waals surface area contributed by atoms with Gasteiger partial charge in [-0.25, -0.2) is 0 Å². The molecule has 2 N–H and O–H groups in total. The first-order valence-electron chi connectivity index (χ1n) is 5.52. The van der Waals surface area contributed by atoms with Gasteiger partial charge in [0, 0.05) is 10.5 Å². The summed E-state index contributed by atoms with van der Waals surface area (Å²) in [6.07, 6.45) is 0. The van der Waals surface area contributed by atoms with Gasteiger partial charge >= 0.3 is 0 Å². The van der Waals surface area contributed by atoms with Crippen molar-refractivity contribution >= 4 is 21.6 Å². The van der Waals surface area contributed by atoms with Crippen LogP contribution in [0, 0.1) is 0 Å². The first kappa shape index (κ1) is 12.7. The Morgan fingerprint density at radius 3 is 2.56 bits per heavy atom. The second-order valence-corrected chi connectivity index (χ2v) is 4.45. The lowest BCUT2D eigenvalue weighted by molar-refractivity contribution is 0.323. The van der Waals surface area contributed by atoms with Crippen LogP contribution in [0.25, 0.3) is 0 Å². The normalized spacial score (nSPS) is 10.1. The molecule has 0 unspecified atom stereocenters. The Hall–Kier alpha value is -1.75. The smallest absolute Gasteiger partial charge is 0.240 e. The molecular formula is C13H13BrN2O2. The summed E-state index contributed by atoms with van der Waals surface area (Å²) in [6.45, 7) is 2.39. The Morgan fingerprint density at radius 2 is 1.89 bits per heavy atom. The molecule has 0 radical (unpaired) electrons. The fraction of sp³-hybridized carbons (Fsp3) is 0.154. The predicted molar refractivity (Wildman–Crippen MR) is 74.0 cm³/mol. The summed E-state index contributed by atoms with van der Waals surface area (Å²) < 4.78 is 11.9. The Balaban J connectivity index is 2.18. The minimum Gasteiger partial charge on any atom is -0.476 e. The third-order valence-electron chi connectivity index (χ3n) is 2.18. The molecule has 4 nitrogen and oxygen atoms in total. The fourth-order valence-electron chi connectivity index (χ4n) is 1.37. The highest BCUT2D eigenvalue weighted by atomic mass is 79.9. The molecule has 0 saturated carbocycles. The van der Waals surface area contributed by atoms with Crippen molar-refractivity contribution in [1.29, 1.82) is 0 Å². The van der Waals surface area contributed by atoms with Crippen molar-refractivity contribution in [2.75, 3.05) is 12.3 Å². The number of benzene rings is 1. The van der Waals surface area contributed by atoms with Gasteiger partial charge in [-0.15, -0.1) is 0 Å². The third kappa shape index (κ3) is 3.13.